The smallest absolute Gasteiger partial charge is 0.0675 e. The van der Waals surface area contributed by atoms with Crippen LogP contribution in [0, 0.1) is 17.2 Å². The molecule has 2 rings (SSSR count). The molecule has 0 radical (unpaired) electrons. The Morgan fingerprint density at radius 2 is 2.00 bits per heavy atom. The zero-order chi connectivity index (χ0) is 11.8. The Morgan fingerprint density at radius 3 is 2.50 bits per heavy atom. The summed E-state index contributed by atoms with van der Waals surface area (Å²) in [7, 11) is 0. The molecule has 16 heavy (non-hydrogen) atoms. The van der Waals surface area contributed by atoms with Gasteiger partial charge < -0.3 is 4.90 Å². The molecule has 0 amide bonds. The average molecular weight is 235 g/mol. The third kappa shape index (κ3) is 2.01. The summed E-state index contributed by atoms with van der Waals surface area (Å²) in [5, 5.41) is 9.76. The van der Waals surface area contributed by atoms with Gasteiger partial charge in [-0.15, -0.1) is 0 Å². The molecule has 1 heterocycles. The van der Waals surface area contributed by atoms with Crippen molar-refractivity contribution in [1.29, 1.82) is 5.26 Å². The zero-order valence-corrected chi connectivity index (χ0v) is 10.3. The fourth-order valence-corrected chi connectivity index (χ4v) is 2.53. The lowest BCUT2D eigenvalue weighted by atomic mass is 9.97. The fraction of sp³-hybridized carbons (Fsp3) is 0.462. The third-order valence-electron chi connectivity index (χ3n) is 3.20. The van der Waals surface area contributed by atoms with Crippen molar-refractivity contribution in [3.8, 4) is 6.07 Å². The maximum Gasteiger partial charge on any atom is 0.0675 e. The van der Waals surface area contributed by atoms with Gasteiger partial charge in [0, 0.05) is 22.8 Å². The molecule has 1 saturated heterocycles. The van der Waals surface area contributed by atoms with E-state index in [1.165, 1.54) is 0 Å². The first kappa shape index (κ1) is 11.3. The molecule has 1 aromatic carbocycles. The zero-order valence-electron chi connectivity index (χ0n) is 9.57. The first-order valence-corrected chi connectivity index (χ1v) is 5.83. The minimum absolute atomic E-state index is 0.0498. The number of halogens is 1. The second-order valence-corrected chi connectivity index (χ2v) is 5.37. The standard InChI is InChI=1S/C13H15ClN2/c1-13(2)7-10(8-15)9-16(13)12-5-3-11(14)4-6-12/h3-6,10H,7,9H2,1-2H3. The molecule has 2 nitrogen and oxygen atoms in total. The number of nitrogens with zero attached hydrogens (tertiary/aromatic N) is 2. The van der Waals surface area contributed by atoms with E-state index in [0.29, 0.717) is 0 Å². The molecule has 1 atom stereocenters. The summed E-state index contributed by atoms with van der Waals surface area (Å²) in [6, 6.07) is 10.2. The molecule has 0 bridgehead atoms. The number of hydrogen-bond acceptors (Lipinski definition) is 2. The summed E-state index contributed by atoms with van der Waals surface area (Å²) in [5.74, 6) is 0.130. The third-order valence-corrected chi connectivity index (χ3v) is 3.45. The minimum Gasteiger partial charge on any atom is -0.365 e. The normalized spacial score (nSPS) is 23.1. The highest BCUT2D eigenvalue weighted by molar-refractivity contribution is 6.30. The van der Waals surface area contributed by atoms with Crippen molar-refractivity contribution in [1.82, 2.24) is 0 Å². The molecular formula is C13H15ClN2. The summed E-state index contributed by atoms with van der Waals surface area (Å²) in [6.45, 7) is 5.17. The van der Waals surface area contributed by atoms with Gasteiger partial charge in [0.25, 0.3) is 0 Å². The van der Waals surface area contributed by atoms with Gasteiger partial charge in [0.1, 0.15) is 0 Å². The van der Waals surface area contributed by atoms with Crippen LogP contribution < -0.4 is 4.90 Å². The number of rotatable bonds is 1. The van der Waals surface area contributed by atoms with Crippen molar-refractivity contribution in [3.63, 3.8) is 0 Å². The topological polar surface area (TPSA) is 27.0 Å². The molecule has 1 fully saturated rings. The largest absolute Gasteiger partial charge is 0.365 e. The molecule has 0 aromatic heterocycles. The van der Waals surface area contributed by atoms with Gasteiger partial charge in [0.05, 0.1) is 12.0 Å². The van der Waals surface area contributed by atoms with Gasteiger partial charge in [-0.3, -0.25) is 0 Å². The van der Waals surface area contributed by atoms with Crippen LogP contribution in [-0.4, -0.2) is 12.1 Å². The van der Waals surface area contributed by atoms with E-state index in [0.717, 1.165) is 23.7 Å². The van der Waals surface area contributed by atoms with Gasteiger partial charge in [-0.25, -0.2) is 0 Å². The summed E-state index contributed by atoms with van der Waals surface area (Å²) in [5.41, 5.74) is 1.20. The predicted molar refractivity (Wildman–Crippen MR) is 66.6 cm³/mol. The molecule has 3 heteroatoms. The number of benzene rings is 1. The highest BCUT2D eigenvalue weighted by Gasteiger charge is 2.38. The second kappa shape index (κ2) is 3.99. The van der Waals surface area contributed by atoms with E-state index in [9.17, 15) is 0 Å². The lowest BCUT2D eigenvalue weighted by Gasteiger charge is -2.33. The van der Waals surface area contributed by atoms with E-state index in [4.69, 9.17) is 16.9 Å². The second-order valence-electron chi connectivity index (χ2n) is 4.93. The van der Waals surface area contributed by atoms with Crippen molar-refractivity contribution < 1.29 is 0 Å². The molecule has 0 saturated carbocycles. The molecule has 1 aromatic rings. The SMILES string of the molecule is CC1(C)CC(C#N)CN1c1ccc(Cl)cc1. The van der Waals surface area contributed by atoms with E-state index >= 15 is 0 Å². The predicted octanol–water partition coefficient (Wildman–Crippen LogP) is 3.47. The van der Waals surface area contributed by atoms with Crippen molar-refractivity contribution in [3.05, 3.63) is 29.3 Å². The van der Waals surface area contributed by atoms with E-state index < -0.39 is 0 Å². The Hall–Kier alpha value is -1.20. The highest BCUT2D eigenvalue weighted by atomic mass is 35.5. The summed E-state index contributed by atoms with van der Waals surface area (Å²) in [4.78, 5) is 2.29. The van der Waals surface area contributed by atoms with Crippen LogP contribution in [0.2, 0.25) is 5.02 Å². The first-order chi connectivity index (χ1) is 7.53. The van der Waals surface area contributed by atoms with Crippen molar-refractivity contribution in [2.45, 2.75) is 25.8 Å². The van der Waals surface area contributed by atoms with Crippen molar-refractivity contribution >= 4 is 17.3 Å². The Kier molecular flexibility index (Phi) is 2.82. The first-order valence-electron chi connectivity index (χ1n) is 5.46. The van der Waals surface area contributed by atoms with Gasteiger partial charge in [-0.05, 0) is 44.5 Å². The van der Waals surface area contributed by atoms with Crippen molar-refractivity contribution in [2.24, 2.45) is 5.92 Å². The Morgan fingerprint density at radius 1 is 1.38 bits per heavy atom. The van der Waals surface area contributed by atoms with Crippen LogP contribution in [0.4, 0.5) is 5.69 Å². The molecule has 0 aliphatic carbocycles. The van der Waals surface area contributed by atoms with Crippen molar-refractivity contribution in [2.75, 3.05) is 11.4 Å². The van der Waals surface area contributed by atoms with E-state index in [-0.39, 0.29) is 11.5 Å². The Bertz CT molecular complexity index is 417. The molecule has 0 N–H and O–H groups in total. The molecule has 1 unspecified atom stereocenters. The Balaban J connectivity index is 2.28. The van der Waals surface area contributed by atoms with Gasteiger partial charge in [0.15, 0.2) is 0 Å². The van der Waals surface area contributed by atoms with Gasteiger partial charge >= 0.3 is 0 Å². The van der Waals surface area contributed by atoms with Gasteiger partial charge in [-0.1, -0.05) is 11.6 Å². The minimum atomic E-state index is 0.0498. The van der Waals surface area contributed by atoms with Gasteiger partial charge in [0.2, 0.25) is 0 Å². The van der Waals surface area contributed by atoms with Crippen LogP contribution in [0.5, 0.6) is 0 Å². The molecule has 1 aliphatic heterocycles. The van der Waals surface area contributed by atoms with Crippen LogP contribution in [0.15, 0.2) is 24.3 Å². The van der Waals surface area contributed by atoms with E-state index in [1.54, 1.807) is 0 Å². The maximum absolute atomic E-state index is 9.01. The number of anilines is 1. The molecule has 84 valence electrons. The molecule has 0 spiro atoms. The molecular weight excluding hydrogens is 220 g/mol. The lowest BCUT2D eigenvalue weighted by Crippen LogP contribution is -2.38. The monoisotopic (exact) mass is 234 g/mol. The van der Waals surface area contributed by atoms with Crippen LogP contribution in [0.1, 0.15) is 20.3 Å². The van der Waals surface area contributed by atoms with E-state index in [1.807, 2.05) is 24.3 Å². The Labute approximate surface area is 101 Å². The fourth-order valence-electron chi connectivity index (χ4n) is 2.41. The maximum atomic E-state index is 9.01. The van der Waals surface area contributed by atoms with Crippen LogP contribution in [-0.2, 0) is 0 Å². The van der Waals surface area contributed by atoms with Gasteiger partial charge in [-0.2, -0.15) is 5.26 Å². The number of hydrogen-bond donors (Lipinski definition) is 0. The van der Waals surface area contributed by atoms with Crippen LogP contribution >= 0.6 is 11.6 Å². The lowest BCUT2D eigenvalue weighted by molar-refractivity contribution is 0.503. The highest BCUT2D eigenvalue weighted by Crippen LogP contribution is 2.36. The van der Waals surface area contributed by atoms with E-state index in [2.05, 4.69) is 24.8 Å². The number of nitriles is 1. The summed E-state index contributed by atoms with van der Waals surface area (Å²) < 4.78 is 0. The quantitative estimate of drug-likeness (QED) is 0.744. The summed E-state index contributed by atoms with van der Waals surface area (Å²) in [6.07, 6.45) is 0.923. The van der Waals surface area contributed by atoms with Crippen LogP contribution in [0.3, 0.4) is 0 Å². The van der Waals surface area contributed by atoms with Crippen LogP contribution in [0.25, 0.3) is 0 Å². The summed E-state index contributed by atoms with van der Waals surface area (Å²) >= 11 is 5.87. The average Bonchev–Trinajstić information content (AvgIpc) is 2.55. The molecule has 1 aliphatic rings.